The summed E-state index contributed by atoms with van der Waals surface area (Å²) in [6.45, 7) is 2.88. The first-order chi connectivity index (χ1) is 8.74. The van der Waals surface area contributed by atoms with Gasteiger partial charge in [-0.05, 0) is 41.3 Å². The van der Waals surface area contributed by atoms with Crippen LogP contribution in [-0.2, 0) is 6.54 Å². The Labute approximate surface area is 106 Å². The molecule has 2 N–H and O–H groups in total. The van der Waals surface area contributed by atoms with E-state index in [1.54, 1.807) is 0 Å². The van der Waals surface area contributed by atoms with Crippen LogP contribution in [0.25, 0.3) is 11.4 Å². The van der Waals surface area contributed by atoms with Gasteiger partial charge in [0.2, 0.25) is 0 Å². The van der Waals surface area contributed by atoms with Gasteiger partial charge in [-0.3, -0.25) is 0 Å². The fourth-order valence-corrected chi connectivity index (χ4v) is 2.05. The third-order valence-corrected chi connectivity index (χ3v) is 3.52. The predicted molar refractivity (Wildman–Crippen MR) is 69.7 cm³/mol. The Morgan fingerprint density at radius 3 is 2.94 bits per heavy atom. The third kappa shape index (κ3) is 2.20. The number of hydrogen-bond acceptors (Lipinski definition) is 4. The molecule has 5 heteroatoms. The second-order valence-corrected chi connectivity index (χ2v) is 5.03. The molecular weight excluding hydrogens is 226 g/mol. The lowest BCUT2D eigenvalue weighted by atomic mass is 10.1. The first kappa shape index (κ1) is 11.2. The fourth-order valence-electron chi connectivity index (χ4n) is 2.05. The molecule has 1 heterocycles. The van der Waals surface area contributed by atoms with E-state index in [1.807, 2.05) is 29.8 Å². The van der Waals surface area contributed by atoms with E-state index >= 15 is 0 Å². The van der Waals surface area contributed by atoms with Crippen LogP contribution in [0.2, 0.25) is 0 Å². The van der Waals surface area contributed by atoms with Crippen LogP contribution in [0.3, 0.4) is 0 Å². The van der Waals surface area contributed by atoms with Gasteiger partial charge in [0.25, 0.3) is 0 Å². The topological polar surface area (TPSA) is 69.6 Å². The number of nitrogen functional groups attached to an aromatic ring is 1. The number of tetrazole rings is 1. The Balaban J connectivity index is 1.85. The predicted octanol–water partition coefficient (Wildman–Crippen LogP) is 2.03. The van der Waals surface area contributed by atoms with E-state index in [-0.39, 0.29) is 0 Å². The first-order valence-corrected chi connectivity index (χ1v) is 6.36. The van der Waals surface area contributed by atoms with Crippen LogP contribution in [0.1, 0.15) is 24.8 Å². The molecule has 2 aromatic rings. The highest BCUT2D eigenvalue weighted by atomic mass is 15.5. The molecule has 0 saturated heterocycles. The van der Waals surface area contributed by atoms with Crippen LogP contribution in [0.5, 0.6) is 0 Å². The normalized spacial score (nSPS) is 14.9. The zero-order chi connectivity index (χ0) is 12.5. The van der Waals surface area contributed by atoms with Gasteiger partial charge in [0.05, 0.1) is 0 Å². The van der Waals surface area contributed by atoms with Gasteiger partial charge in [-0.2, -0.15) is 0 Å². The van der Waals surface area contributed by atoms with Crippen molar-refractivity contribution in [2.45, 2.75) is 32.7 Å². The molecule has 0 spiro atoms. The number of aryl methyl sites for hydroxylation is 2. The molecule has 1 fully saturated rings. The number of nitrogens with two attached hydrogens (primary N) is 1. The number of aromatic nitrogens is 4. The van der Waals surface area contributed by atoms with E-state index in [2.05, 4.69) is 15.5 Å². The van der Waals surface area contributed by atoms with E-state index in [0.29, 0.717) is 0 Å². The summed E-state index contributed by atoms with van der Waals surface area (Å²) in [5, 5.41) is 11.9. The number of anilines is 1. The smallest absolute Gasteiger partial charge is 0.182 e. The van der Waals surface area contributed by atoms with Crippen molar-refractivity contribution >= 4 is 5.69 Å². The van der Waals surface area contributed by atoms with Crippen LogP contribution in [0.15, 0.2) is 18.2 Å². The lowest BCUT2D eigenvalue weighted by Crippen LogP contribution is -2.04. The zero-order valence-electron chi connectivity index (χ0n) is 10.5. The lowest BCUT2D eigenvalue weighted by molar-refractivity contribution is 0.535. The molecule has 0 aliphatic heterocycles. The maximum absolute atomic E-state index is 5.93. The van der Waals surface area contributed by atoms with Crippen LogP contribution in [-0.4, -0.2) is 20.2 Å². The van der Waals surface area contributed by atoms with Crippen molar-refractivity contribution < 1.29 is 0 Å². The van der Waals surface area contributed by atoms with E-state index < -0.39 is 0 Å². The average Bonchev–Trinajstić information content (AvgIpc) is 3.08. The Kier molecular flexibility index (Phi) is 2.74. The van der Waals surface area contributed by atoms with Gasteiger partial charge in [-0.1, -0.05) is 25.0 Å². The highest BCUT2D eigenvalue weighted by Crippen LogP contribution is 2.33. The van der Waals surface area contributed by atoms with Crippen LogP contribution < -0.4 is 5.73 Å². The van der Waals surface area contributed by atoms with E-state index in [1.165, 1.54) is 19.3 Å². The minimum atomic E-state index is 0.782. The highest BCUT2D eigenvalue weighted by Gasteiger charge is 2.21. The molecule has 1 saturated carbocycles. The third-order valence-electron chi connectivity index (χ3n) is 3.52. The standard InChI is InChI=1S/C13H17N5/c1-9-2-5-11(8-12(9)14)13-15-16-17-18(13)7-6-10-3-4-10/h2,5,8,10H,3-4,6-7,14H2,1H3. The van der Waals surface area contributed by atoms with Gasteiger partial charge in [0, 0.05) is 17.8 Å². The Morgan fingerprint density at radius 2 is 2.22 bits per heavy atom. The summed E-state index contributed by atoms with van der Waals surface area (Å²) in [4.78, 5) is 0. The van der Waals surface area contributed by atoms with Gasteiger partial charge in [0.1, 0.15) is 0 Å². The Bertz CT molecular complexity index is 556. The second kappa shape index (κ2) is 4.40. The minimum Gasteiger partial charge on any atom is -0.398 e. The molecule has 1 aromatic heterocycles. The molecule has 94 valence electrons. The number of rotatable bonds is 4. The van der Waals surface area contributed by atoms with Crippen LogP contribution in [0, 0.1) is 12.8 Å². The molecular formula is C13H17N5. The zero-order valence-corrected chi connectivity index (χ0v) is 10.5. The molecule has 0 unspecified atom stereocenters. The van der Waals surface area contributed by atoms with E-state index in [9.17, 15) is 0 Å². The Morgan fingerprint density at radius 1 is 1.39 bits per heavy atom. The molecule has 0 atom stereocenters. The molecule has 0 bridgehead atoms. The fraction of sp³-hybridized carbons (Fsp3) is 0.462. The van der Waals surface area contributed by atoms with Gasteiger partial charge < -0.3 is 5.73 Å². The molecule has 18 heavy (non-hydrogen) atoms. The van der Waals surface area contributed by atoms with E-state index in [0.717, 1.165) is 35.1 Å². The SMILES string of the molecule is Cc1ccc(-c2nnnn2CCC2CC2)cc1N. The molecule has 3 rings (SSSR count). The van der Waals surface area contributed by atoms with Crippen molar-refractivity contribution in [3.8, 4) is 11.4 Å². The van der Waals surface area contributed by atoms with Crippen molar-refractivity contribution in [3.05, 3.63) is 23.8 Å². The van der Waals surface area contributed by atoms with Gasteiger partial charge >= 0.3 is 0 Å². The van der Waals surface area contributed by atoms with Crippen molar-refractivity contribution in [1.29, 1.82) is 0 Å². The summed E-state index contributed by atoms with van der Waals surface area (Å²) in [5.74, 6) is 1.69. The molecule has 5 nitrogen and oxygen atoms in total. The van der Waals surface area contributed by atoms with Crippen molar-refractivity contribution in [2.75, 3.05) is 5.73 Å². The first-order valence-electron chi connectivity index (χ1n) is 6.36. The molecule has 1 aliphatic rings. The summed E-state index contributed by atoms with van der Waals surface area (Å²) >= 11 is 0. The van der Waals surface area contributed by atoms with Crippen molar-refractivity contribution in [2.24, 2.45) is 5.92 Å². The van der Waals surface area contributed by atoms with Gasteiger partial charge in [0.15, 0.2) is 5.82 Å². The number of hydrogen-bond donors (Lipinski definition) is 1. The maximum atomic E-state index is 5.93. The van der Waals surface area contributed by atoms with Crippen LogP contribution in [0.4, 0.5) is 5.69 Å². The summed E-state index contributed by atoms with van der Waals surface area (Å²) in [7, 11) is 0. The largest absolute Gasteiger partial charge is 0.398 e. The Hall–Kier alpha value is -1.91. The lowest BCUT2D eigenvalue weighted by Gasteiger charge is -2.06. The van der Waals surface area contributed by atoms with Crippen LogP contribution >= 0.6 is 0 Å². The van der Waals surface area contributed by atoms with E-state index in [4.69, 9.17) is 5.73 Å². The summed E-state index contributed by atoms with van der Waals surface area (Å²) in [5.41, 5.74) is 8.78. The summed E-state index contributed by atoms with van der Waals surface area (Å²) in [6, 6.07) is 5.96. The minimum absolute atomic E-state index is 0.782. The monoisotopic (exact) mass is 243 g/mol. The van der Waals surface area contributed by atoms with Crippen molar-refractivity contribution in [1.82, 2.24) is 20.2 Å². The number of nitrogens with zero attached hydrogens (tertiary/aromatic N) is 4. The molecule has 0 radical (unpaired) electrons. The summed E-state index contributed by atoms with van der Waals surface area (Å²) in [6.07, 6.45) is 3.88. The second-order valence-electron chi connectivity index (χ2n) is 5.03. The highest BCUT2D eigenvalue weighted by molar-refractivity contribution is 5.63. The van der Waals surface area contributed by atoms with Gasteiger partial charge in [-0.25, -0.2) is 4.68 Å². The maximum Gasteiger partial charge on any atom is 0.182 e. The van der Waals surface area contributed by atoms with Gasteiger partial charge in [-0.15, -0.1) is 5.10 Å². The number of benzene rings is 1. The van der Waals surface area contributed by atoms with Crippen molar-refractivity contribution in [3.63, 3.8) is 0 Å². The quantitative estimate of drug-likeness (QED) is 0.834. The summed E-state index contributed by atoms with van der Waals surface area (Å²) < 4.78 is 1.88. The average molecular weight is 243 g/mol. The molecule has 1 aromatic carbocycles. The molecule has 1 aliphatic carbocycles. The molecule has 0 amide bonds.